The highest BCUT2D eigenvalue weighted by molar-refractivity contribution is 9.10. The predicted molar refractivity (Wildman–Crippen MR) is 61.3 cm³/mol. The number of nitrogens with two attached hydrogens (primary N) is 1. The van der Waals surface area contributed by atoms with Crippen LogP contribution in [0.1, 0.15) is 30.0 Å². The second-order valence-corrected chi connectivity index (χ2v) is 4.16. The summed E-state index contributed by atoms with van der Waals surface area (Å²) in [6.45, 7) is 0. The van der Waals surface area contributed by atoms with E-state index in [1.165, 1.54) is 28.4 Å². The van der Waals surface area contributed by atoms with Crippen LogP contribution in [-0.2, 0) is 6.42 Å². The molecule has 2 N–H and O–H groups in total. The summed E-state index contributed by atoms with van der Waals surface area (Å²) in [4.78, 5) is 0. The Balaban J connectivity index is 0.000000845. The van der Waals surface area contributed by atoms with Gasteiger partial charge in [-0.1, -0.05) is 28.1 Å². The van der Waals surface area contributed by atoms with Crippen molar-refractivity contribution in [1.29, 1.82) is 0 Å². The molecule has 0 radical (unpaired) electrons. The Morgan fingerprint density at radius 3 is 2.85 bits per heavy atom. The van der Waals surface area contributed by atoms with Gasteiger partial charge < -0.3 is 5.73 Å². The molecule has 0 unspecified atom stereocenters. The van der Waals surface area contributed by atoms with Crippen molar-refractivity contribution in [2.24, 2.45) is 5.73 Å². The van der Waals surface area contributed by atoms with E-state index in [4.69, 9.17) is 5.73 Å². The lowest BCUT2D eigenvalue weighted by Gasteiger charge is -2.22. The summed E-state index contributed by atoms with van der Waals surface area (Å²) in [5.41, 5.74) is 8.74. The molecular formula is C10H13BrClN. The molecule has 0 fully saturated rings. The minimum atomic E-state index is 0. The van der Waals surface area contributed by atoms with E-state index in [2.05, 4.69) is 34.1 Å². The quantitative estimate of drug-likeness (QED) is 0.763. The highest BCUT2D eigenvalue weighted by atomic mass is 79.9. The molecule has 1 aromatic carbocycles. The van der Waals surface area contributed by atoms with Gasteiger partial charge in [0.25, 0.3) is 0 Å². The van der Waals surface area contributed by atoms with Gasteiger partial charge in [-0.05, 0) is 36.5 Å². The van der Waals surface area contributed by atoms with Crippen LogP contribution in [0, 0.1) is 0 Å². The Morgan fingerprint density at radius 2 is 2.15 bits per heavy atom. The predicted octanol–water partition coefficient (Wildman–Crippen LogP) is 3.21. The standard InChI is InChI=1S/C10H12BrN.ClH/c11-9-5-1-4-8-7(9)3-2-6-10(8)12;/h1,4-5,10H,2-3,6,12H2;1H/t10-;/m0./s1. The van der Waals surface area contributed by atoms with Crippen LogP contribution in [0.3, 0.4) is 0 Å². The van der Waals surface area contributed by atoms with Gasteiger partial charge in [0.1, 0.15) is 0 Å². The van der Waals surface area contributed by atoms with E-state index in [9.17, 15) is 0 Å². The van der Waals surface area contributed by atoms with Crippen molar-refractivity contribution in [1.82, 2.24) is 0 Å². The van der Waals surface area contributed by atoms with E-state index in [1.807, 2.05) is 0 Å². The molecular weight excluding hydrogens is 249 g/mol. The molecule has 0 amide bonds. The van der Waals surface area contributed by atoms with Crippen LogP contribution in [0.25, 0.3) is 0 Å². The number of rotatable bonds is 0. The third-order valence-corrected chi connectivity index (χ3v) is 3.24. The largest absolute Gasteiger partial charge is 0.324 e. The van der Waals surface area contributed by atoms with Crippen molar-refractivity contribution in [3.8, 4) is 0 Å². The van der Waals surface area contributed by atoms with Crippen LogP contribution >= 0.6 is 28.3 Å². The minimum absolute atomic E-state index is 0. The minimum Gasteiger partial charge on any atom is -0.324 e. The zero-order valence-electron chi connectivity index (χ0n) is 7.29. The lowest BCUT2D eigenvalue weighted by atomic mass is 9.88. The second kappa shape index (κ2) is 4.45. The zero-order valence-corrected chi connectivity index (χ0v) is 9.70. The molecule has 0 heterocycles. The summed E-state index contributed by atoms with van der Waals surface area (Å²) >= 11 is 3.55. The molecule has 0 spiro atoms. The average Bonchev–Trinajstić information content (AvgIpc) is 2.07. The fourth-order valence-electron chi connectivity index (χ4n) is 1.84. The number of fused-ring (bicyclic) bond motifs is 1. The van der Waals surface area contributed by atoms with Gasteiger partial charge in [0.05, 0.1) is 0 Å². The molecule has 72 valence electrons. The van der Waals surface area contributed by atoms with Crippen LogP contribution in [0.2, 0.25) is 0 Å². The summed E-state index contributed by atoms with van der Waals surface area (Å²) in [5.74, 6) is 0. The Bertz CT molecular complexity index is 301. The molecule has 13 heavy (non-hydrogen) atoms. The van der Waals surface area contributed by atoms with Crippen molar-refractivity contribution in [3.05, 3.63) is 33.8 Å². The van der Waals surface area contributed by atoms with Gasteiger partial charge >= 0.3 is 0 Å². The monoisotopic (exact) mass is 261 g/mol. The molecule has 1 aliphatic carbocycles. The Hall–Kier alpha value is -0.0500. The van der Waals surface area contributed by atoms with Gasteiger partial charge in [0.2, 0.25) is 0 Å². The summed E-state index contributed by atoms with van der Waals surface area (Å²) in [6, 6.07) is 6.56. The van der Waals surface area contributed by atoms with Crippen molar-refractivity contribution >= 4 is 28.3 Å². The van der Waals surface area contributed by atoms with Crippen LogP contribution in [0.5, 0.6) is 0 Å². The lowest BCUT2D eigenvalue weighted by molar-refractivity contribution is 0.569. The summed E-state index contributed by atoms with van der Waals surface area (Å²) in [7, 11) is 0. The number of halogens is 2. The first-order chi connectivity index (χ1) is 5.79. The summed E-state index contributed by atoms with van der Waals surface area (Å²) < 4.78 is 1.22. The maximum Gasteiger partial charge on any atom is 0.0298 e. The van der Waals surface area contributed by atoms with E-state index in [0.29, 0.717) is 0 Å². The third-order valence-electron chi connectivity index (χ3n) is 2.50. The lowest BCUT2D eigenvalue weighted by Crippen LogP contribution is -2.17. The van der Waals surface area contributed by atoms with E-state index >= 15 is 0 Å². The molecule has 0 aromatic heterocycles. The number of benzene rings is 1. The average molecular weight is 263 g/mol. The first-order valence-corrected chi connectivity index (χ1v) is 5.11. The molecule has 1 aliphatic rings. The van der Waals surface area contributed by atoms with E-state index in [1.54, 1.807) is 0 Å². The molecule has 2 rings (SSSR count). The summed E-state index contributed by atoms with van der Waals surface area (Å²) in [5, 5.41) is 0. The van der Waals surface area contributed by atoms with Crippen molar-refractivity contribution in [2.75, 3.05) is 0 Å². The van der Waals surface area contributed by atoms with Gasteiger partial charge in [0, 0.05) is 10.5 Å². The Morgan fingerprint density at radius 1 is 1.38 bits per heavy atom. The number of hydrogen-bond donors (Lipinski definition) is 1. The highest BCUT2D eigenvalue weighted by Gasteiger charge is 2.17. The van der Waals surface area contributed by atoms with Crippen LogP contribution in [0.15, 0.2) is 22.7 Å². The van der Waals surface area contributed by atoms with Crippen LogP contribution in [-0.4, -0.2) is 0 Å². The fraction of sp³-hybridized carbons (Fsp3) is 0.400. The van der Waals surface area contributed by atoms with Crippen molar-refractivity contribution in [2.45, 2.75) is 25.3 Å². The molecule has 0 bridgehead atoms. The van der Waals surface area contributed by atoms with Gasteiger partial charge in [-0.15, -0.1) is 12.4 Å². The Kier molecular flexibility index (Phi) is 3.77. The van der Waals surface area contributed by atoms with Gasteiger partial charge in [-0.3, -0.25) is 0 Å². The molecule has 0 saturated carbocycles. The number of hydrogen-bond acceptors (Lipinski definition) is 1. The molecule has 0 aliphatic heterocycles. The SMILES string of the molecule is Cl.N[C@H]1CCCc2c(Br)cccc21. The van der Waals surface area contributed by atoms with Crippen molar-refractivity contribution in [3.63, 3.8) is 0 Å². The van der Waals surface area contributed by atoms with Crippen LogP contribution < -0.4 is 5.73 Å². The molecule has 1 aromatic rings. The normalized spacial score (nSPS) is 20.3. The molecule has 1 atom stereocenters. The molecule has 0 saturated heterocycles. The van der Waals surface area contributed by atoms with E-state index in [-0.39, 0.29) is 18.4 Å². The second-order valence-electron chi connectivity index (χ2n) is 3.31. The van der Waals surface area contributed by atoms with Gasteiger partial charge in [-0.2, -0.15) is 0 Å². The maximum atomic E-state index is 5.99. The van der Waals surface area contributed by atoms with Crippen molar-refractivity contribution < 1.29 is 0 Å². The smallest absolute Gasteiger partial charge is 0.0298 e. The third kappa shape index (κ3) is 2.06. The Labute approximate surface area is 93.2 Å². The maximum absolute atomic E-state index is 5.99. The summed E-state index contributed by atoms with van der Waals surface area (Å²) in [6.07, 6.45) is 3.52. The zero-order chi connectivity index (χ0) is 8.55. The van der Waals surface area contributed by atoms with E-state index < -0.39 is 0 Å². The topological polar surface area (TPSA) is 26.0 Å². The highest BCUT2D eigenvalue weighted by Crippen LogP contribution is 2.32. The van der Waals surface area contributed by atoms with E-state index in [0.717, 1.165) is 6.42 Å². The van der Waals surface area contributed by atoms with Gasteiger partial charge in [0.15, 0.2) is 0 Å². The first-order valence-electron chi connectivity index (χ1n) is 4.32. The molecule has 1 nitrogen and oxygen atoms in total. The first kappa shape index (κ1) is 11.0. The molecule has 3 heteroatoms. The van der Waals surface area contributed by atoms with Gasteiger partial charge in [-0.25, -0.2) is 0 Å². The van der Waals surface area contributed by atoms with Crippen LogP contribution in [0.4, 0.5) is 0 Å². The fourth-order valence-corrected chi connectivity index (χ4v) is 2.42.